The summed E-state index contributed by atoms with van der Waals surface area (Å²) in [6.45, 7) is 3.68. The SMILES string of the molecule is C=CCNC(=O)N(O)c1cccc(Cl)c1Cl. The molecule has 2 N–H and O–H groups in total. The average molecular weight is 261 g/mol. The van der Waals surface area contributed by atoms with Crippen LogP contribution in [0.1, 0.15) is 0 Å². The van der Waals surface area contributed by atoms with Crippen molar-refractivity contribution < 1.29 is 10.0 Å². The maximum Gasteiger partial charge on any atom is 0.346 e. The second-order valence-corrected chi connectivity index (χ2v) is 3.64. The minimum atomic E-state index is -0.705. The third-order valence-electron chi connectivity index (χ3n) is 1.75. The number of anilines is 1. The summed E-state index contributed by atoms with van der Waals surface area (Å²) in [6, 6.07) is 3.90. The summed E-state index contributed by atoms with van der Waals surface area (Å²) < 4.78 is 0. The number of hydroxylamine groups is 1. The quantitative estimate of drug-likeness (QED) is 0.499. The number of nitrogens with one attached hydrogen (secondary N) is 1. The van der Waals surface area contributed by atoms with E-state index in [-0.39, 0.29) is 22.3 Å². The van der Waals surface area contributed by atoms with Gasteiger partial charge < -0.3 is 5.32 Å². The zero-order valence-corrected chi connectivity index (χ0v) is 9.79. The number of amides is 2. The Kier molecular flexibility index (Phi) is 4.61. The van der Waals surface area contributed by atoms with Crippen LogP contribution >= 0.6 is 23.2 Å². The van der Waals surface area contributed by atoms with E-state index in [0.717, 1.165) is 0 Å². The van der Waals surface area contributed by atoms with Crippen molar-refractivity contribution in [3.8, 4) is 0 Å². The predicted octanol–water partition coefficient (Wildman–Crippen LogP) is 3.08. The molecule has 0 aliphatic heterocycles. The van der Waals surface area contributed by atoms with E-state index in [0.29, 0.717) is 5.06 Å². The fourth-order valence-corrected chi connectivity index (χ4v) is 1.38. The van der Waals surface area contributed by atoms with Gasteiger partial charge in [-0.15, -0.1) is 6.58 Å². The number of carbonyl (C=O) groups is 1. The highest BCUT2D eigenvalue weighted by Crippen LogP contribution is 2.31. The number of benzene rings is 1. The van der Waals surface area contributed by atoms with Crippen molar-refractivity contribution in [1.29, 1.82) is 0 Å². The Labute approximate surface area is 103 Å². The molecule has 0 spiro atoms. The number of urea groups is 1. The van der Waals surface area contributed by atoms with E-state index in [9.17, 15) is 10.0 Å². The number of nitrogens with zero attached hydrogens (tertiary/aromatic N) is 1. The molecule has 0 aliphatic carbocycles. The van der Waals surface area contributed by atoms with E-state index in [1.165, 1.54) is 12.1 Å². The van der Waals surface area contributed by atoms with Crippen molar-refractivity contribution in [2.75, 3.05) is 11.6 Å². The highest BCUT2D eigenvalue weighted by molar-refractivity contribution is 6.43. The molecule has 16 heavy (non-hydrogen) atoms. The summed E-state index contributed by atoms with van der Waals surface area (Å²) >= 11 is 11.6. The van der Waals surface area contributed by atoms with Gasteiger partial charge in [0.2, 0.25) is 0 Å². The van der Waals surface area contributed by atoms with E-state index < -0.39 is 6.03 Å². The van der Waals surface area contributed by atoms with Gasteiger partial charge in [-0.25, -0.2) is 4.79 Å². The lowest BCUT2D eigenvalue weighted by Gasteiger charge is -2.16. The van der Waals surface area contributed by atoms with E-state index in [1.807, 2.05) is 0 Å². The molecule has 86 valence electrons. The Morgan fingerprint density at radius 2 is 2.25 bits per heavy atom. The van der Waals surface area contributed by atoms with Crippen LogP contribution in [0.25, 0.3) is 0 Å². The molecule has 6 heteroatoms. The normalized spacial score (nSPS) is 9.69. The van der Waals surface area contributed by atoms with Gasteiger partial charge in [-0.2, -0.15) is 5.06 Å². The van der Waals surface area contributed by atoms with Crippen molar-refractivity contribution in [1.82, 2.24) is 5.32 Å². The van der Waals surface area contributed by atoms with Crippen molar-refractivity contribution in [2.45, 2.75) is 0 Å². The number of hydrogen-bond acceptors (Lipinski definition) is 2. The van der Waals surface area contributed by atoms with Crippen LogP contribution in [-0.4, -0.2) is 17.8 Å². The van der Waals surface area contributed by atoms with Crippen LogP contribution in [0, 0.1) is 0 Å². The van der Waals surface area contributed by atoms with Crippen LogP contribution in [0.4, 0.5) is 10.5 Å². The largest absolute Gasteiger partial charge is 0.346 e. The van der Waals surface area contributed by atoms with E-state index in [2.05, 4.69) is 11.9 Å². The summed E-state index contributed by atoms with van der Waals surface area (Å²) in [5.41, 5.74) is 0.121. The molecule has 2 amide bonds. The smallest absolute Gasteiger partial charge is 0.332 e. The molecular weight excluding hydrogens is 251 g/mol. The third kappa shape index (κ3) is 2.88. The van der Waals surface area contributed by atoms with Crippen molar-refractivity contribution in [2.24, 2.45) is 0 Å². The highest BCUT2D eigenvalue weighted by atomic mass is 35.5. The zero-order chi connectivity index (χ0) is 12.1. The lowest BCUT2D eigenvalue weighted by Crippen LogP contribution is -2.37. The number of rotatable bonds is 3. The first-order valence-corrected chi connectivity index (χ1v) is 5.15. The Balaban J connectivity index is 2.87. The second-order valence-electron chi connectivity index (χ2n) is 2.86. The van der Waals surface area contributed by atoms with Crippen molar-refractivity contribution >= 4 is 34.9 Å². The maximum absolute atomic E-state index is 11.4. The molecule has 0 atom stereocenters. The Hall–Kier alpha value is -1.23. The van der Waals surface area contributed by atoms with Gasteiger partial charge in [0.25, 0.3) is 0 Å². The first-order chi connectivity index (χ1) is 7.57. The molecule has 1 rings (SSSR count). The van der Waals surface area contributed by atoms with Gasteiger partial charge in [0.15, 0.2) is 0 Å². The van der Waals surface area contributed by atoms with Gasteiger partial charge in [-0.1, -0.05) is 35.3 Å². The standard InChI is InChI=1S/C10H10Cl2N2O2/c1-2-6-13-10(15)14(16)8-5-3-4-7(11)9(8)12/h2-5,16H,1,6H2,(H,13,15). The molecule has 0 saturated heterocycles. The van der Waals surface area contributed by atoms with E-state index in [1.54, 1.807) is 12.1 Å². The molecule has 0 saturated carbocycles. The summed E-state index contributed by atoms with van der Waals surface area (Å²) in [6.07, 6.45) is 1.49. The van der Waals surface area contributed by atoms with Crippen LogP contribution < -0.4 is 10.4 Å². The van der Waals surface area contributed by atoms with E-state index >= 15 is 0 Å². The molecule has 0 heterocycles. The summed E-state index contributed by atoms with van der Waals surface area (Å²) in [5, 5.41) is 12.7. The molecule has 0 aliphatic rings. The molecule has 4 nitrogen and oxygen atoms in total. The Morgan fingerprint density at radius 3 is 2.88 bits per heavy atom. The van der Waals surface area contributed by atoms with Gasteiger partial charge in [0.05, 0.1) is 15.7 Å². The monoisotopic (exact) mass is 260 g/mol. The number of halogens is 2. The molecular formula is C10H10Cl2N2O2. The molecule has 0 aromatic heterocycles. The van der Waals surface area contributed by atoms with Gasteiger partial charge in [0, 0.05) is 6.54 Å². The van der Waals surface area contributed by atoms with Crippen molar-refractivity contribution in [3.63, 3.8) is 0 Å². The second kappa shape index (κ2) is 5.75. The van der Waals surface area contributed by atoms with Crippen LogP contribution in [0.2, 0.25) is 10.0 Å². The summed E-state index contributed by atoms with van der Waals surface area (Å²) in [7, 11) is 0. The summed E-state index contributed by atoms with van der Waals surface area (Å²) in [5.74, 6) is 0. The third-order valence-corrected chi connectivity index (χ3v) is 2.56. The lowest BCUT2D eigenvalue weighted by molar-refractivity contribution is 0.205. The lowest BCUT2D eigenvalue weighted by atomic mass is 10.3. The van der Waals surface area contributed by atoms with Crippen LogP contribution in [0.5, 0.6) is 0 Å². The Bertz CT molecular complexity index is 410. The molecule has 0 bridgehead atoms. The topological polar surface area (TPSA) is 52.6 Å². The van der Waals surface area contributed by atoms with Gasteiger partial charge in [-0.05, 0) is 12.1 Å². The minimum Gasteiger partial charge on any atom is -0.332 e. The number of carbonyl (C=O) groups excluding carboxylic acids is 1. The van der Waals surface area contributed by atoms with Crippen LogP contribution in [0.3, 0.4) is 0 Å². The summed E-state index contributed by atoms with van der Waals surface area (Å²) in [4.78, 5) is 11.4. The van der Waals surface area contributed by atoms with Crippen LogP contribution in [0.15, 0.2) is 30.9 Å². The zero-order valence-electron chi connectivity index (χ0n) is 8.28. The molecule has 0 fully saturated rings. The minimum absolute atomic E-state index is 0.111. The fraction of sp³-hybridized carbons (Fsp3) is 0.100. The molecule has 0 radical (unpaired) electrons. The maximum atomic E-state index is 11.4. The number of hydrogen-bond donors (Lipinski definition) is 2. The van der Waals surface area contributed by atoms with Gasteiger partial charge in [0.1, 0.15) is 0 Å². The molecule has 1 aromatic carbocycles. The Morgan fingerprint density at radius 1 is 1.56 bits per heavy atom. The van der Waals surface area contributed by atoms with Crippen molar-refractivity contribution in [3.05, 3.63) is 40.9 Å². The van der Waals surface area contributed by atoms with Gasteiger partial charge >= 0.3 is 6.03 Å². The average Bonchev–Trinajstić information content (AvgIpc) is 2.28. The first kappa shape index (κ1) is 12.8. The first-order valence-electron chi connectivity index (χ1n) is 4.39. The fourth-order valence-electron chi connectivity index (χ4n) is 1.000. The van der Waals surface area contributed by atoms with Crippen LogP contribution in [-0.2, 0) is 0 Å². The molecule has 0 unspecified atom stereocenters. The predicted molar refractivity (Wildman–Crippen MR) is 64.3 cm³/mol. The highest BCUT2D eigenvalue weighted by Gasteiger charge is 2.16. The van der Waals surface area contributed by atoms with Gasteiger partial charge in [-0.3, -0.25) is 5.21 Å². The van der Waals surface area contributed by atoms with E-state index in [4.69, 9.17) is 23.2 Å². The molecule has 1 aromatic rings.